The van der Waals surface area contributed by atoms with E-state index in [4.69, 9.17) is 9.47 Å². The molecule has 0 aromatic heterocycles. The molecular weight excluding hydrogens is 337 g/mol. The van der Waals surface area contributed by atoms with E-state index in [2.05, 4.69) is 0 Å². The van der Waals surface area contributed by atoms with Gasteiger partial charge < -0.3 is 14.6 Å². The van der Waals surface area contributed by atoms with Gasteiger partial charge in [0, 0.05) is 0 Å². The van der Waals surface area contributed by atoms with Crippen molar-refractivity contribution >= 4 is 6.09 Å². The molecule has 1 aromatic carbocycles. The second-order valence-electron chi connectivity index (χ2n) is 8.49. The van der Waals surface area contributed by atoms with Crippen LogP contribution in [0.2, 0.25) is 0 Å². The van der Waals surface area contributed by atoms with Crippen LogP contribution < -0.4 is 0 Å². The molecule has 2 atom stereocenters. The lowest BCUT2D eigenvalue weighted by atomic mass is 9.78. The first-order chi connectivity index (χ1) is 12.2. The van der Waals surface area contributed by atoms with Crippen molar-refractivity contribution in [2.75, 3.05) is 13.2 Å². The van der Waals surface area contributed by atoms with Crippen LogP contribution in [0.4, 0.5) is 9.18 Å². The van der Waals surface area contributed by atoms with Crippen molar-refractivity contribution in [1.29, 1.82) is 0 Å². The van der Waals surface area contributed by atoms with E-state index in [0.717, 1.165) is 5.56 Å². The van der Waals surface area contributed by atoms with Gasteiger partial charge >= 0.3 is 6.09 Å². The zero-order chi connectivity index (χ0) is 18.9. The Kier molecular flexibility index (Phi) is 5.26. The predicted molar refractivity (Wildman–Crippen MR) is 95.4 cm³/mol. The van der Waals surface area contributed by atoms with Gasteiger partial charge in [-0.2, -0.15) is 0 Å². The first-order valence-electron chi connectivity index (χ1n) is 9.21. The van der Waals surface area contributed by atoms with Gasteiger partial charge in [0.15, 0.2) is 0 Å². The van der Waals surface area contributed by atoms with Crippen molar-refractivity contribution in [2.45, 2.75) is 69.7 Å². The first kappa shape index (κ1) is 19.1. The number of nitrogens with zero attached hydrogens (tertiary/aromatic N) is 1. The monoisotopic (exact) mass is 365 g/mol. The standard InChI is InChI=1S/C20H28FNO4/c1-19(2,3)26-18(23)22-16-10-20(24,11-17(22)13-25-12-16)9-8-14-4-6-15(21)7-5-14/h4-7,16-17,24H,8-13H2,1-3H3. The normalized spacial score (nSPS) is 28.7. The average Bonchev–Trinajstić information content (AvgIpc) is 2.52. The lowest BCUT2D eigenvalue weighted by molar-refractivity contribution is -0.139. The second-order valence-corrected chi connectivity index (χ2v) is 8.49. The second kappa shape index (κ2) is 7.16. The van der Waals surface area contributed by atoms with E-state index in [0.29, 0.717) is 38.9 Å². The van der Waals surface area contributed by atoms with Crippen molar-refractivity contribution in [1.82, 2.24) is 4.90 Å². The highest BCUT2D eigenvalue weighted by molar-refractivity contribution is 5.69. The van der Waals surface area contributed by atoms with Gasteiger partial charge in [-0.05, 0) is 64.2 Å². The number of ether oxygens (including phenoxy) is 2. The third kappa shape index (κ3) is 4.54. The molecule has 0 spiro atoms. The molecule has 2 fully saturated rings. The molecule has 2 heterocycles. The average molecular weight is 365 g/mol. The molecule has 1 amide bonds. The number of hydrogen-bond acceptors (Lipinski definition) is 4. The number of morpholine rings is 1. The molecule has 2 unspecified atom stereocenters. The zero-order valence-electron chi connectivity index (χ0n) is 15.7. The molecule has 2 aliphatic rings. The number of fused-ring (bicyclic) bond motifs is 2. The first-order valence-corrected chi connectivity index (χ1v) is 9.21. The van der Waals surface area contributed by atoms with Crippen molar-refractivity contribution in [2.24, 2.45) is 0 Å². The van der Waals surface area contributed by atoms with Gasteiger partial charge in [-0.3, -0.25) is 4.90 Å². The number of carbonyl (C=O) groups is 1. The van der Waals surface area contributed by atoms with E-state index in [1.165, 1.54) is 12.1 Å². The Balaban J connectivity index is 1.66. The summed E-state index contributed by atoms with van der Waals surface area (Å²) >= 11 is 0. The van der Waals surface area contributed by atoms with E-state index in [9.17, 15) is 14.3 Å². The molecule has 3 rings (SSSR count). The van der Waals surface area contributed by atoms with E-state index >= 15 is 0 Å². The predicted octanol–water partition coefficient (Wildman–Crippen LogP) is 3.29. The van der Waals surface area contributed by atoms with Crippen LogP contribution in [0.3, 0.4) is 0 Å². The van der Waals surface area contributed by atoms with Crippen LogP contribution in [0.5, 0.6) is 0 Å². The molecule has 2 bridgehead atoms. The maximum absolute atomic E-state index is 13.0. The molecule has 2 saturated heterocycles. The Morgan fingerprint density at radius 3 is 2.38 bits per heavy atom. The number of hydrogen-bond donors (Lipinski definition) is 1. The molecule has 0 radical (unpaired) electrons. The van der Waals surface area contributed by atoms with Crippen molar-refractivity contribution in [3.05, 3.63) is 35.6 Å². The topological polar surface area (TPSA) is 59.0 Å². The summed E-state index contributed by atoms with van der Waals surface area (Å²) in [7, 11) is 0. The molecule has 1 N–H and O–H groups in total. The van der Waals surface area contributed by atoms with Gasteiger partial charge in [-0.1, -0.05) is 12.1 Å². The van der Waals surface area contributed by atoms with Gasteiger partial charge in [0.25, 0.3) is 0 Å². The summed E-state index contributed by atoms with van der Waals surface area (Å²) in [6.45, 7) is 6.36. The lowest BCUT2D eigenvalue weighted by Crippen LogP contribution is -2.64. The molecule has 2 aliphatic heterocycles. The summed E-state index contributed by atoms with van der Waals surface area (Å²) in [4.78, 5) is 14.3. The molecular formula is C20H28FNO4. The highest BCUT2D eigenvalue weighted by Crippen LogP contribution is 2.38. The zero-order valence-corrected chi connectivity index (χ0v) is 15.7. The Morgan fingerprint density at radius 1 is 1.27 bits per heavy atom. The number of aliphatic hydroxyl groups is 1. The fraction of sp³-hybridized carbons (Fsp3) is 0.650. The van der Waals surface area contributed by atoms with Crippen LogP contribution in [-0.4, -0.2) is 52.6 Å². The highest BCUT2D eigenvalue weighted by Gasteiger charge is 2.48. The Bertz CT molecular complexity index is 626. The minimum Gasteiger partial charge on any atom is -0.444 e. The Labute approximate surface area is 154 Å². The Morgan fingerprint density at radius 2 is 1.85 bits per heavy atom. The van der Waals surface area contributed by atoms with E-state index < -0.39 is 11.2 Å². The largest absolute Gasteiger partial charge is 0.444 e. The van der Waals surface area contributed by atoms with Crippen LogP contribution in [0, 0.1) is 5.82 Å². The number of piperidine rings is 1. The number of rotatable bonds is 3. The van der Waals surface area contributed by atoms with E-state index in [1.807, 2.05) is 20.8 Å². The van der Waals surface area contributed by atoms with Crippen molar-refractivity contribution in [3.8, 4) is 0 Å². The summed E-state index contributed by atoms with van der Waals surface area (Å²) in [5.41, 5.74) is -0.412. The lowest BCUT2D eigenvalue weighted by Gasteiger charge is -2.51. The van der Waals surface area contributed by atoms with Gasteiger partial charge in [0.1, 0.15) is 11.4 Å². The molecule has 1 aromatic rings. The number of aryl methyl sites for hydroxylation is 1. The molecule has 0 aliphatic carbocycles. The van der Waals surface area contributed by atoms with Gasteiger partial charge in [0.2, 0.25) is 0 Å². The minimum absolute atomic E-state index is 0.185. The molecule has 5 nitrogen and oxygen atoms in total. The van der Waals surface area contributed by atoms with Crippen molar-refractivity contribution < 1.29 is 23.8 Å². The Hall–Kier alpha value is -1.66. The third-order valence-electron chi connectivity index (χ3n) is 5.04. The number of amides is 1. The summed E-state index contributed by atoms with van der Waals surface area (Å²) in [5, 5.41) is 11.1. The highest BCUT2D eigenvalue weighted by atomic mass is 19.1. The van der Waals surface area contributed by atoms with E-state index in [-0.39, 0.29) is 24.0 Å². The van der Waals surface area contributed by atoms with Crippen LogP contribution in [0.25, 0.3) is 0 Å². The summed E-state index contributed by atoms with van der Waals surface area (Å²) in [6, 6.07) is 6.00. The molecule has 6 heteroatoms. The summed E-state index contributed by atoms with van der Waals surface area (Å²) < 4.78 is 24.2. The quantitative estimate of drug-likeness (QED) is 0.893. The van der Waals surface area contributed by atoms with E-state index in [1.54, 1.807) is 17.0 Å². The maximum atomic E-state index is 13.0. The smallest absolute Gasteiger partial charge is 0.410 e. The minimum atomic E-state index is -0.855. The maximum Gasteiger partial charge on any atom is 0.410 e. The summed E-state index contributed by atoms with van der Waals surface area (Å²) in [6.07, 6.45) is 1.84. The molecule has 26 heavy (non-hydrogen) atoms. The fourth-order valence-corrected chi connectivity index (χ4v) is 3.92. The number of halogens is 1. The van der Waals surface area contributed by atoms with Crippen LogP contribution in [0.15, 0.2) is 24.3 Å². The summed E-state index contributed by atoms with van der Waals surface area (Å²) in [5.74, 6) is -0.259. The van der Waals surface area contributed by atoms with Crippen LogP contribution >= 0.6 is 0 Å². The fourth-order valence-electron chi connectivity index (χ4n) is 3.92. The van der Waals surface area contributed by atoms with Gasteiger partial charge in [-0.25, -0.2) is 9.18 Å². The molecule has 0 saturated carbocycles. The van der Waals surface area contributed by atoms with Gasteiger partial charge in [0.05, 0.1) is 30.9 Å². The third-order valence-corrected chi connectivity index (χ3v) is 5.04. The van der Waals surface area contributed by atoms with Crippen molar-refractivity contribution in [3.63, 3.8) is 0 Å². The van der Waals surface area contributed by atoms with Gasteiger partial charge in [-0.15, -0.1) is 0 Å². The number of carbonyl (C=O) groups excluding carboxylic acids is 1. The molecule has 144 valence electrons. The SMILES string of the molecule is CC(C)(C)OC(=O)N1C2COCC1CC(O)(CCc1ccc(F)cc1)C2. The van der Waals surface area contributed by atoms with Crippen LogP contribution in [-0.2, 0) is 15.9 Å². The number of benzene rings is 1. The van der Waals surface area contributed by atoms with Crippen LogP contribution in [0.1, 0.15) is 45.6 Å².